The Labute approximate surface area is 153 Å². The monoisotopic (exact) mass is 355 g/mol. The van der Waals surface area contributed by atoms with Gasteiger partial charge in [-0.3, -0.25) is 4.79 Å². The highest BCUT2D eigenvalue weighted by molar-refractivity contribution is 5.80. The van der Waals surface area contributed by atoms with Crippen LogP contribution in [-0.2, 0) is 9.53 Å². The van der Waals surface area contributed by atoms with Crippen molar-refractivity contribution in [3.05, 3.63) is 42.2 Å². The van der Waals surface area contributed by atoms with Crippen LogP contribution < -0.4 is 10.1 Å². The number of rotatable bonds is 5. The molecule has 2 fully saturated rings. The van der Waals surface area contributed by atoms with Crippen LogP contribution in [0.2, 0.25) is 0 Å². The Hall–Kier alpha value is -2.34. The van der Waals surface area contributed by atoms with E-state index in [0.717, 1.165) is 36.4 Å². The molecule has 0 spiro atoms. The molecule has 0 unspecified atom stereocenters. The molecule has 138 valence electrons. The summed E-state index contributed by atoms with van der Waals surface area (Å²) in [7, 11) is 1.64. The molecule has 2 aliphatic rings. The van der Waals surface area contributed by atoms with Gasteiger partial charge in [0, 0.05) is 18.8 Å². The number of nitrogens with one attached hydrogen (secondary N) is 1. The van der Waals surface area contributed by atoms with Gasteiger partial charge in [0.1, 0.15) is 17.5 Å². The van der Waals surface area contributed by atoms with Gasteiger partial charge in [0.25, 0.3) is 0 Å². The molecule has 4 rings (SSSR count). The number of hydrogen-bond donors (Lipinski definition) is 1. The molecular formula is C20H25N3O3. The molecule has 1 N–H and O–H groups in total. The molecule has 6 nitrogen and oxygen atoms in total. The van der Waals surface area contributed by atoms with Gasteiger partial charge in [-0.25, -0.2) is 4.68 Å². The third-order valence-corrected chi connectivity index (χ3v) is 5.41. The smallest absolute Gasteiger partial charge is 0.226 e. The maximum absolute atomic E-state index is 12.8. The second-order valence-electron chi connectivity index (χ2n) is 7.02. The fraction of sp³-hybridized carbons (Fsp3) is 0.500. The molecule has 26 heavy (non-hydrogen) atoms. The number of methoxy groups -OCH3 is 1. The Balaban J connectivity index is 1.59. The first-order valence-corrected chi connectivity index (χ1v) is 9.37. The number of aromatic nitrogens is 2. The number of carbonyl (C=O) groups is 1. The molecule has 1 saturated carbocycles. The van der Waals surface area contributed by atoms with Crippen LogP contribution in [0.4, 0.5) is 0 Å². The molecule has 1 aromatic carbocycles. The molecule has 0 bridgehead atoms. The summed E-state index contributed by atoms with van der Waals surface area (Å²) >= 11 is 0. The van der Waals surface area contributed by atoms with Gasteiger partial charge in [-0.15, -0.1) is 0 Å². The SMILES string of the molecule is COc1ccccc1-n1nccc1[C@H]1OCC[C@@H]1C(=O)NC1CCCC1. The first kappa shape index (κ1) is 17.1. The van der Waals surface area contributed by atoms with Crippen molar-refractivity contribution in [2.24, 2.45) is 5.92 Å². The lowest BCUT2D eigenvalue weighted by atomic mass is 9.97. The Morgan fingerprint density at radius 1 is 1.23 bits per heavy atom. The molecule has 1 aromatic heterocycles. The summed E-state index contributed by atoms with van der Waals surface area (Å²) in [5, 5.41) is 7.68. The van der Waals surface area contributed by atoms with E-state index in [1.807, 2.05) is 35.0 Å². The van der Waals surface area contributed by atoms with Gasteiger partial charge in [0.15, 0.2) is 0 Å². The van der Waals surface area contributed by atoms with E-state index in [1.54, 1.807) is 13.3 Å². The maximum atomic E-state index is 12.8. The quantitative estimate of drug-likeness (QED) is 0.895. The molecule has 2 aromatic rings. The van der Waals surface area contributed by atoms with Gasteiger partial charge in [0.05, 0.1) is 18.7 Å². The van der Waals surface area contributed by atoms with E-state index in [1.165, 1.54) is 12.8 Å². The minimum absolute atomic E-state index is 0.104. The minimum Gasteiger partial charge on any atom is -0.494 e. The van der Waals surface area contributed by atoms with Gasteiger partial charge in [-0.1, -0.05) is 25.0 Å². The summed E-state index contributed by atoms with van der Waals surface area (Å²) in [6.45, 7) is 0.588. The Morgan fingerprint density at radius 2 is 2.04 bits per heavy atom. The standard InChI is InChI=1S/C20H25N3O3/c1-25-18-9-5-4-8-16(18)23-17(10-12-21-23)19-15(11-13-26-19)20(24)22-14-6-2-3-7-14/h4-5,8-10,12,14-15,19H,2-3,6-7,11,13H2,1H3,(H,22,24)/t15-,19-/m0/s1. The summed E-state index contributed by atoms with van der Waals surface area (Å²) in [6, 6.07) is 9.98. The summed E-state index contributed by atoms with van der Waals surface area (Å²) < 4.78 is 13.3. The first-order valence-electron chi connectivity index (χ1n) is 9.37. The number of amides is 1. The molecule has 1 aliphatic carbocycles. The summed E-state index contributed by atoms with van der Waals surface area (Å²) in [5.41, 5.74) is 1.74. The van der Waals surface area contributed by atoms with E-state index in [4.69, 9.17) is 9.47 Å². The van der Waals surface area contributed by atoms with Crippen LogP contribution in [-0.4, -0.2) is 35.4 Å². The molecule has 2 atom stereocenters. The van der Waals surface area contributed by atoms with Crippen molar-refractivity contribution in [3.8, 4) is 11.4 Å². The minimum atomic E-state index is -0.288. The van der Waals surface area contributed by atoms with E-state index in [0.29, 0.717) is 12.6 Å². The van der Waals surface area contributed by atoms with Crippen LogP contribution in [0.25, 0.3) is 5.69 Å². The van der Waals surface area contributed by atoms with Crippen molar-refractivity contribution in [2.45, 2.75) is 44.2 Å². The van der Waals surface area contributed by atoms with Crippen molar-refractivity contribution in [1.82, 2.24) is 15.1 Å². The van der Waals surface area contributed by atoms with Crippen molar-refractivity contribution in [1.29, 1.82) is 0 Å². The zero-order valence-corrected chi connectivity index (χ0v) is 15.1. The van der Waals surface area contributed by atoms with E-state index >= 15 is 0 Å². The van der Waals surface area contributed by atoms with Crippen LogP contribution in [0.15, 0.2) is 36.5 Å². The number of benzene rings is 1. The number of para-hydroxylation sites is 2. The molecule has 2 heterocycles. The molecule has 1 amide bonds. The predicted octanol–water partition coefficient (Wildman–Crippen LogP) is 3.02. The topological polar surface area (TPSA) is 65.4 Å². The fourth-order valence-electron chi connectivity index (χ4n) is 4.06. The van der Waals surface area contributed by atoms with Crippen molar-refractivity contribution >= 4 is 5.91 Å². The molecule has 0 radical (unpaired) electrons. The number of nitrogens with zero attached hydrogens (tertiary/aromatic N) is 2. The number of carbonyl (C=O) groups excluding carboxylic acids is 1. The van der Waals surface area contributed by atoms with Gasteiger partial charge >= 0.3 is 0 Å². The van der Waals surface area contributed by atoms with Gasteiger partial charge < -0.3 is 14.8 Å². The molecular weight excluding hydrogens is 330 g/mol. The first-order chi connectivity index (χ1) is 12.8. The number of hydrogen-bond acceptors (Lipinski definition) is 4. The Kier molecular flexibility index (Phi) is 4.93. The van der Waals surface area contributed by atoms with E-state index in [2.05, 4.69) is 10.4 Å². The van der Waals surface area contributed by atoms with Crippen LogP contribution in [0.3, 0.4) is 0 Å². The van der Waals surface area contributed by atoms with Crippen LogP contribution in [0.1, 0.15) is 43.9 Å². The zero-order chi connectivity index (χ0) is 17.9. The summed E-state index contributed by atoms with van der Waals surface area (Å²) in [4.78, 5) is 12.8. The van der Waals surface area contributed by atoms with E-state index in [-0.39, 0.29) is 17.9 Å². The highest BCUT2D eigenvalue weighted by Gasteiger charge is 2.38. The third-order valence-electron chi connectivity index (χ3n) is 5.41. The average Bonchev–Trinajstić information content (AvgIpc) is 3.41. The third kappa shape index (κ3) is 3.21. The lowest BCUT2D eigenvalue weighted by Crippen LogP contribution is -2.38. The highest BCUT2D eigenvalue weighted by Crippen LogP contribution is 2.37. The van der Waals surface area contributed by atoms with Crippen molar-refractivity contribution in [3.63, 3.8) is 0 Å². The van der Waals surface area contributed by atoms with E-state index in [9.17, 15) is 4.79 Å². The molecule has 1 aliphatic heterocycles. The maximum Gasteiger partial charge on any atom is 0.226 e. The second kappa shape index (κ2) is 7.50. The second-order valence-corrected chi connectivity index (χ2v) is 7.02. The van der Waals surface area contributed by atoms with Crippen molar-refractivity contribution in [2.75, 3.05) is 13.7 Å². The van der Waals surface area contributed by atoms with E-state index < -0.39 is 0 Å². The Bertz CT molecular complexity index is 767. The predicted molar refractivity (Wildman–Crippen MR) is 97.3 cm³/mol. The van der Waals surface area contributed by atoms with Crippen LogP contribution in [0, 0.1) is 5.92 Å². The largest absolute Gasteiger partial charge is 0.494 e. The Morgan fingerprint density at radius 3 is 2.85 bits per heavy atom. The fourth-order valence-corrected chi connectivity index (χ4v) is 4.06. The highest BCUT2D eigenvalue weighted by atomic mass is 16.5. The molecule has 1 saturated heterocycles. The lowest BCUT2D eigenvalue weighted by molar-refractivity contribution is -0.127. The van der Waals surface area contributed by atoms with Gasteiger partial charge in [-0.05, 0) is 37.5 Å². The van der Waals surface area contributed by atoms with Crippen LogP contribution >= 0.6 is 0 Å². The summed E-state index contributed by atoms with van der Waals surface area (Å²) in [6.07, 6.45) is 6.78. The summed E-state index contributed by atoms with van der Waals surface area (Å²) in [5.74, 6) is 0.662. The van der Waals surface area contributed by atoms with Crippen molar-refractivity contribution < 1.29 is 14.3 Å². The van der Waals surface area contributed by atoms with Gasteiger partial charge in [0.2, 0.25) is 5.91 Å². The average molecular weight is 355 g/mol. The zero-order valence-electron chi connectivity index (χ0n) is 15.1. The lowest BCUT2D eigenvalue weighted by Gasteiger charge is -2.22. The van der Waals surface area contributed by atoms with Gasteiger partial charge in [-0.2, -0.15) is 5.10 Å². The normalized spacial score (nSPS) is 23.3. The number of ether oxygens (including phenoxy) is 2. The molecule has 6 heteroatoms. The van der Waals surface area contributed by atoms with Crippen LogP contribution in [0.5, 0.6) is 5.75 Å².